The summed E-state index contributed by atoms with van der Waals surface area (Å²) in [7, 11) is 1.57. The molecular weight excluding hydrogens is 342 g/mol. The van der Waals surface area contributed by atoms with Gasteiger partial charge in [0.15, 0.2) is 5.65 Å². The zero-order valence-electron chi connectivity index (χ0n) is 14.9. The van der Waals surface area contributed by atoms with Gasteiger partial charge >= 0.3 is 0 Å². The fraction of sp³-hybridized carbons (Fsp3) is 0.100. The van der Waals surface area contributed by atoms with E-state index in [0.717, 1.165) is 11.3 Å². The molecule has 27 heavy (non-hydrogen) atoms. The van der Waals surface area contributed by atoms with Crippen LogP contribution in [0.4, 0.5) is 5.69 Å². The van der Waals surface area contributed by atoms with Gasteiger partial charge in [-0.15, -0.1) is 5.10 Å². The lowest BCUT2D eigenvalue weighted by atomic mass is 10.1. The van der Waals surface area contributed by atoms with Gasteiger partial charge in [-0.05, 0) is 61.0 Å². The number of nitrogens with zero attached hydrogens (tertiary/aromatic N) is 4. The van der Waals surface area contributed by atoms with Crippen LogP contribution < -0.4 is 10.1 Å². The molecule has 7 heteroatoms. The van der Waals surface area contributed by atoms with Crippen LogP contribution in [-0.4, -0.2) is 33.0 Å². The largest absolute Gasteiger partial charge is 0.495 e. The number of ether oxygens (including phenoxy) is 1. The summed E-state index contributed by atoms with van der Waals surface area (Å²) in [5.74, 6) is 0.401. The summed E-state index contributed by atoms with van der Waals surface area (Å²) in [6.45, 7) is 1.96. The van der Waals surface area contributed by atoms with Gasteiger partial charge in [-0.1, -0.05) is 11.3 Å². The molecule has 0 fully saturated rings. The molecule has 4 rings (SSSR count). The van der Waals surface area contributed by atoms with Crippen LogP contribution in [0.3, 0.4) is 0 Å². The molecule has 2 aromatic carbocycles. The number of fused-ring (bicyclic) bond motifs is 1. The predicted octanol–water partition coefficient (Wildman–Crippen LogP) is 3.38. The second-order valence-corrected chi connectivity index (χ2v) is 6.05. The molecule has 0 radical (unpaired) electrons. The highest BCUT2D eigenvalue weighted by atomic mass is 16.5. The Morgan fingerprint density at radius 2 is 1.93 bits per heavy atom. The number of hydrogen-bond donors (Lipinski definition) is 1. The number of nitrogens with one attached hydrogen (secondary N) is 1. The van der Waals surface area contributed by atoms with Crippen molar-refractivity contribution in [3.63, 3.8) is 0 Å². The lowest BCUT2D eigenvalue weighted by Gasteiger charge is -2.11. The molecule has 0 aliphatic carbocycles. The van der Waals surface area contributed by atoms with Crippen molar-refractivity contribution in [3.05, 3.63) is 71.9 Å². The van der Waals surface area contributed by atoms with Crippen LogP contribution in [0.25, 0.3) is 16.9 Å². The molecule has 0 aliphatic heterocycles. The van der Waals surface area contributed by atoms with Gasteiger partial charge < -0.3 is 10.1 Å². The van der Waals surface area contributed by atoms with E-state index in [9.17, 15) is 4.79 Å². The molecule has 1 N–H and O–H groups in total. The van der Waals surface area contributed by atoms with Crippen molar-refractivity contribution in [1.82, 2.24) is 20.0 Å². The van der Waals surface area contributed by atoms with E-state index in [2.05, 4.69) is 20.6 Å². The molecule has 0 atom stereocenters. The maximum atomic E-state index is 12.6. The van der Waals surface area contributed by atoms with Gasteiger partial charge in [-0.3, -0.25) is 4.79 Å². The van der Waals surface area contributed by atoms with Gasteiger partial charge in [0.05, 0.1) is 18.5 Å². The first kappa shape index (κ1) is 16.7. The number of anilines is 1. The normalized spacial score (nSPS) is 10.7. The summed E-state index contributed by atoms with van der Waals surface area (Å²) in [5, 5.41) is 11.1. The summed E-state index contributed by atoms with van der Waals surface area (Å²) < 4.78 is 6.95. The molecule has 0 saturated carbocycles. The molecule has 0 spiro atoms. The summed E-state index contributed by atoms with van der Waals surface area (Å²) in [5.41, 5.74) is 4.36. The Balaban J connectivity index is 1.59. The summed E-state index contributed by atoms with van der Waals surface area (Å²) >= 11 is 0. The average Bonchev–Trinajstić information content (AvgIpc) is 3.12. The zero-order chi connectivity index (χ0) is 18.8. The minimum absolute atomic E-state index is 0.216. The van der Waals surface area contributed by atoms with Gasteiger partial charge in [0.25, 0.3) is 5.91 Å². The second-order valence-electron chi connectivity index (χ2n) is 6.05. The van der Waals surface area contributed by atoms with Crippen molar-refractivity contribution >= 4 is 22.8 Å². The number of rotatable bonds is 4. The third-order valence-electron chi connectivity index (χ3n) is 4.19. The number of methoxy groups -OCH3 is 1. The zero-order valence-corrected chi connectivity index (χ0v) is 14.9. The monoisotopic (exact) mass is 359 g/mol. The number of benzene rings is 2. The molecule has 134 valence electrons. The maximum absolute atomic E-state index is 12.6. The van der Waals surface area contributed by atoms with Gasteiger partial charge in [-0.25, -0.2) is 4.98 Å². The number of aryl methyl sites for hydroxylation is 1. The Hall–Kier alpha value is -3.74. The van der Waals surface area contributed by atoms with Gasteiger partial charge in [0.2, 0.25) is 0 Å². The number of hydrogen-bond acceptors (Lipinski definition) is 5. The van der Waals surface area contributed by atoms with E-state index in [1.807, 2.05) is 49.4 Å². The fourth-order valence-corrected chi connectivity index (χ4v) is 2.81. The summed E-state index contributed by atoms with van der Waals surface area (Å²) in [4.78, 5) is 16.9. The number of amides is 1. The van der Waals surface area contributed by atoms with E-state index < -0.39 is 0 Å². The molecule has 0 unspecified atom stereocenters. The van der Waals surface area contributed by atoms with E-state index in [0.29, 0.717) is 28.2 Å². The third kappa shape index (κ3) is 3.22. The Morgan fingerprint density at radius 1 is 1.11 bits per heavy atom. The highest BCUT2D eigenvalue weighted by molar-refractivity contribution is 6.05. The van der Waals surface area contributed by atoms with Crippen LogP contribution >= 0.6 is 0 Å². The van der Waals surface area contributed by atoms with Crippen molar-refractivity contribution < 1.29 is 9.53 Å². The lowest BCUT2D eigenvalue weighted by molar-refractivity contribution is 0.102. The molecule has 7 nitrogen and oxygen atoms in total. The quantitative estimate of drug-likeness (QED) is 0.604. The number of carbonyl (C=O) groups excluding carboxylic acids is 1. The Morgan fingerprint density at radius 3 is 2.70 bits per heavy atom. The highest BCUT2D eigenvalue weighted by Gasteiger charge is 2.12. The van der Waals surface area contributed by atoms with Crippen LogP contribution in [-0.2, 0) is 0 Å². The number of carbonyl (C=O) groups is 1. The Kier molecular flexibility index (Phi) is 4.25. The Bertz CT molecular complexity index is 1120. The van der Waals surface area contributed by atoms with Crippen LogP contribution in [0, 0.1) is 6.92 Å². The van der Waals surface area contributed by atoms with Crippen molar-refractivity contribution in [1.29, 1.82) is 0 Å². The van der Waals surface area contributed by atoms with Crippen LogP contribution in [0.1, 0.15) is 15.9 Å². The molecule has 2 aromatic heterocycles. The number of aromatic nitrogens is 4. The van der Waals surface area contributed by atoms with E-state index >= 15 is 0 Å². The first-order valence-corrected chi connectivity index (χ1v) is 8.38. The fourth-order valence-electron chi connectivity index (χ4n) is 2.81. The molecule has 0 bridgehead atoms. The van der Waals surface area contributed by atoms with Gasteiger partial charge in [0.1, 0.15) is 11.3 Å². The van der Waals surface area contributed by atoms with Crippen LogP contribution in [0.2, 0.25) is 0 Å². The summed E-state index contributed by atoms with van der Waals surface area (Å²) in [6, 6.07) is 16.4. The first-order chi connectivity index (χ1) is 13.2. The van der Waals surface area contributed by atoms with Crippen LogP contribution in [0.5, 0.6) is 5.75 Å². The minimum atomic E-state index is -0.216. The lowest BCUT2D eigenvalue weighted by Crippen LogP contribution is -2.13. The topological polar surface area (TPSA) is 81.9 Å². The smallest absolute Gasteiger partial charge is 0.255 e. The first-order valence-electron chi connectivity index (χ1n) is 8.38. The molecule has 1 amide bonds. The third-order valence-corrected chi connectivity index (χ3v) is 4.19. The highest BCUT2D eigenvalue weighted by Crippen LogP contribution is 2.26. The number of pyridine rings is 1. The van der Waals surface area contributed by atoms with Gasteiger partial charge in [-0.2, -0.15) is 4.68 Å². The van der Waals surface area contributed by atoms with E-state index in [-0.39, 0.29) is 5.91 Å². The van der Waals surface area contributed by atoms with Crippen molar-refractivity contribution in [3.8, 4) is 11.4 Å². The van der Waals surface area contributed by atoms with Crippen molar-refractivity contribution in [2.24, 2.45) is 0 Å². The average molecular weight is 359 g/mol. The van der Waals surface area contributed by atoms with Crippen LogP contribution in [0.15, 0.2) is 60.8 Å². The maximum Gasteiger partial charge on any atom is 0.255 e. The van der Waals surface area contributed by atoms with Crippen molar-refractivity contribution in [2.45, 2.75) is 6.92 Å². The molecule has 2 heterocycles. The molecule has 4 aromatic rings. The predicted molar refractivity (Wildman–Crippen MR) is 102 cm³/mol. The van der Waals surface area contributed by atoms with E-state index in [1.165, 1.54) is 0 Å². The minimum Gasteiger partial charge on any atom is -0.495 e. The second kappa shape index (κ2) is 6.87. The Labute approximate surface area is 155 Å². The van der Waals surface area contributed by atoms with E-state index in [1.54, 1.807) is 30.1 Å². The van der Waals surface area contributed by atoms with Gasteiger partial charge in [0, 0.05) is 11.8 Å². The standard InChI is InChI=1S/C20H17N5O2/c1-13-5-10-18(27-2)17(12-13)22-20(26)14-6-8-15(9-7-14)25-19-16(23-24-25)4-3-11-21-19/h3-12H,1-2H3,(H,22,26). The molecular formula is C20H17N5O2. The van der Waals surface area contributed by atoms with Crippen molar-refractivity contribution in [2.75, 3.05) is 12.4 Å². The van der Waals surface area contributed by atoms with E-state index in [4.69, 9.17) is 4.74 Å². The molecule has 0 saturated heterocycles. The summed E-state index contributed by atoms with van der Waals surface area (Å²) in [6.07, 6.45) is 1.69. The SMILES string of the molecule is COc1ccc(C)cc1NC(=O)c1ccc(-n2nnc3cccnc32)cc1. The molecule has 0 aliphatic rings.